The maximum Gasteiger partial charge on any atom is 0.262 e. The normalized spacial score (nSPS) is 27.0. The van der Waals surface area contributed by atoms with Gasteiger partial charge in [0.2, 0.25) is 11.8 Å². The molecule has 0 spiro atoms. The van der Waals surface area contributed by atoms with E-state index in [1.54, 1.807) is 12.1 Å². The molecule has 3 fully saturated rings. The van der Waals surface area contributed by atoms with E-state index in [0.717, 1.165) is 62.1 Å². The van der Waals surface area contributed by atoms with Crippen molar-refractivity contribution in [2.45, 2.75) is 50.6 Å². The number of nitrogens with one attached hydrogen (secondary N) is 3. The summed E-state index contributed by atoms with van der Waals surface area (Å²) in [6, 6.07) is 4.58. The Morgan fingerprint density at radius 2 is 1.76 bits per heavy atom. The molecule has 33 heavy (non-hydrogen) atoms. The minimum absolute atomic E-state index is 0.117. The van der Waals surface area contributed by atoms with Gasteiger partial charge >= 0.3 is 0 Å². The highest BCUT2D eigenvalue weighted by Gasteiger charge is 2.44. The summed E-state index contributed by atoms with van der Waals surface area (Å²) >= 11 is 0. The van der Waals surface area contributed by atoms with Gasteiger partial charge < -0.3 is 15.5 Å². The number of hydrogen-bond donors (Lipinski definition) is 3. The van der Waals surface area contributed by atoms with Gasteiger partial charge in [-0.05, 0) is 75.9 Å². The molecule has 0 saturated carbocycles. The molecule has 4 aliphatic heterocycles. The van der Waals surface area contributed by atoms with Crippen LogP contribution < -0.4 is 16.0 Å². The Labute approximate surface area is 193 Å². The van der Waals surface area contributed by atoms with Crippen LogP contribution in [0.15, 0.2) is 18.2 Å². The first-order chi connectivity index (χ1) is 16.0. The summed E-state index contributed by atoms with van der Waals surface area (Å²) < 4.78 is 0. The molecule has 0 aliphatic carbocycles. The molecule has 0 bridgehead atoms. The van der Waals surface area contributed by atoms with Crippen LogP contribution in [0.5, 0.6) is 0 Å². The molecule has 4 heterocycles. The monoisotopic (exact) mass is 453 g/mol. The Balaban J connectivity index is 1.24. The van der Waals surface area contributed by atoms with E-state index in [9.17, 15) is 19.2 Å². The molecule has 176 valence electrons. The molecule has 3 saturated heterocycles. The van der Waals surface area contributed by atoms with Crippen LogP contribution in [-0.2, 0) is 9.59 Å². The Morgan fingerprint density at radius 3 is 2.55 bits per heavy atom. The van der Waals surface area contributed by atoms with Crippen LogP contribution in [0.1, 0.15) is 59.2 Å². The van der Waals surface area contributed by atoms with E-state index < -0.39 is 23.8 Å². The van der Waals surface area contributed by atoms with Crippen LogP contribution >= 0.6 is 0 Å². The van der Waals surface area contributed by atoms with Crippen molar-refractivity contribution in [3.8, 4) is 0 Å². The zero-order valence-corrected chi connectivity index (χ0v) is 18.8. The molecule has 0 radical (unpaired) electrons. The summed E-state index contributed by atoms with van der Waals surface area (Å²) in [7, 11) is 0. The number of imide groups is 2. The molecular formula is C24H31N5O4. The number of rotatable bonds is 5. The Bertz CT molecular complexity index is 974. The lowest BCUT2D eigenvalue weighted by Crippen LogP contribution is -2.54. The number of carbonyl (C=O) groups is 4. The number of fused-ring (bicyclic) bond motifs is 1. The number of hydrogen-bond acceptors (Lipinski definition) is 7. The quantitative estimate of drug-likeness (QED) is 0.570. The second-order valence-electron chi connectivity index (χ2n) is 9.64. The van der Waals surface area contributed by atoms with E-state index in [1.807, 2.05) is 6.07 Å². The van der Waals surface area contributed by atoms with E-state index in [-0.39, 0.29) is 24.8 Å². The smallest absolute Gasteiger partial charge is 0.262 e. The van der Waals surface area contributed by atoms with Crippen molar-refractivity contribution in [2.24, 2.45) is 5.92 Å². The van der Waals surface area contributed by atoms with E-state index in [1.165, 1.54) is 12.8 Å². The molecule has 3 N–H and O–H groups in total. The number of amides is 4. The van der Waals surface area contributed by atoms with Gasteiger partial charge in [0, 0.05) is 31.2 Å². The molecular weight excluding hydrogens is 422 g/mol. The van der Waals surface area contributed by atoms with E-state index in [4.69, 9.17) is 0 Å². The first kappa shape index (κ1) is 22.0. The highest BCUT2D eigenvalue weighted by Crippen LogP contribution is 2.30. The van der Waals surface area contributed by atoms with Gasteiger partial charge in [-0.15, -0.1) is 0 Å². The minimum atomic E-state index is -0.937. The minimum Gasteiger partial charge on any atom is -0.381 e. The molecule has 9 nitrogen and oxygen atoms in total. The second kappa shape index (κ2) is 9.23. The number of likely N-dealkylation sites (tertiary alicyclic amines) is 1. The van der Waals surface area contributed by atoms with Crippen molar-refractivity contribution in [1.82, 2.24) is 20.4 Å². The number of carbonyl (C=O) groups excluding carboxylic acids is 4. The largest absolute Gasteiger partial charge is 0.381 e. The first-order valence-corrected chi connectivity index (χ1v) is 12.0. The lowest BCUT2D eigenvalue weighted by molar-refractivity contribution is -0.136. The fraction of sp³-hybridized carbons (Fsp3) is 0.583. The number of anilines is 1. The topological polar surface area (TPSA) is 111 Å². The van der Waals surface area contributed by atoms with Crippen LogP contribution in [0, 0.1) is 5.92 Å². The Kier molecular flexibility index (Phi) is 6.16. The first-order valence-electron chi connectivity index (χ1n) is 12.0. The summed E-state index contributed by atoms with van der Waals surface area (Å²) in [6.45, 7) is 5.45. The van der Waals surface area contributed by atoms with Crippen molar-refractivity contribution < 1.29 is 19.2 Å². The highest BCUT2D eigenvalue weighted by atomic mass is 16.2. The van der Waals surface area contributed by atoms with Crippen molar-refractivity contribution in [3.05, 3.63) is 29.3 Å². The summed E-state index contributed by atoms with van der Waals surface area (Å²) in [5.41, 5.74) is 1.44. The van der Waals surface area contributed by atoms with Gasteiger partial charge in [0.05, 0.1) is 11.1 Å². The van der Waals surface area contributed by atoms with Gasteiger partial charge in [-0.3, -0.25) is 29.4 Å². The molecule has 1 aromatic carbocycles. The third-order valence-corrected chi connectivity index (χ3v) is 7.29. The van der Waals surface area contributed by atoms with Gasteiger partial charge in [-0.2, -0.15) is 0 Å². The molecule has 1 aromatic rings. The molecule has 5 rings (SSSR count). The van der Waals surface area contributed by atoms with Crippen LogP contribution in [-0.4, -0.2) is 78.2 Å². The van der Waals surface area contributed by atoms with Gasteiger partial charge in [0.1, 0.15) is 6.04 Å². The number of nitrogens with zero attached hydrogens (tertiary/aromatic N) is 2. The lowest BCUT2D eigenvalue weighted by Gasteiger charge is -2.36. The second-order valence-corrected chi connectivity index (χ2v) is 9.64. The number of benzene rings is 1. The highest BCUT2D eigenvalue weighted by molar-refractivity contribution is 6.23. The maximum absolute atomic E-state index is 13.1. The van der Waals surface area contributed by atoms with Crippen molar-refractivity contribution in [3.63, 3.8) is 0 Å². The standard InChI is InChI=1S/C24H31N5O4/c30-21-6-5-20(22(31)27-21)29-23(32)18-4-3-16(12-19(18)24(29)33)26-17-2-1-11-28(14-17)13-15-7-9-25-10-8-15/h3-4,12,15,17,20,25-26H,1-2,5-11,13-14H2,(H,27,30,31). The zero-order chi connectivity index (χ0) is 22.9. The average molecular weight is 454 g/mol. The molecule has 4 amide bonds. The van der Waals surface area contributed by atoms with Gasteiger partial charge in [0.15, 0.2) is 0 Å². The maximum atomic E-state index is 13.1. The average Bonchev–Trinajstić information content (AvgIpc) is 3.05. The Hall–Kier alpha value is -2.78. The van der Waals surface area contributed by atoms with Crippen LogP contribution in [0.25, 0.3) is 0 Å². The third-order valence-electron chi connectivity index (χ3n) is 7.29. The predicted octanol–water partition coefficient (Wildman–Crippen LogP) is 0.964. The number of piperidine rings is 3. The molecule has 9 heteroatoms. The van der Waals surface area contributed by atoms with Crippen LogP contribution in [0.3, 0.4) is 0 Å². The summed E-state index contributed by atoms with van der Waals surface area (Å²) in [6.07, 6.45) is 4.95. The van der Waals surface area contributed by atoms with Crippen molar-refractivity contribution in [1.29, 1.82) is 0 Å². The molecule has 2 atom stereocenters. The van der Waals surface area contributed by atoms with Crippen LogP contribution in [0.4, 0.5) is 5.69 Å². The van der Waals surface area contributed by atoms with Crippen molar-refractivity contribution >= 4 is 29.3 Å². The van der Waals surface area contributed by atoms with Crippen molar-refractivity contribution in [2.75, 3.05) is 38.0 Å². The SMILES string of the molecule is O=C1CCC(N2C(=O)c3ccc(NC4CCCN(CC5CCNCC5)C4)cc3C2=O)C(=O)N1. The lowest BCUT2D eigenvalue weighted by atomic mass is 9.95. The fourth-order valence-corrected chi connectivity index (χ4v) is 5.57. The van der Waals surface area contributed by atoms with Crippen LogP contribution in [0.2, 0.25) is 0 Å². The molecule has 2 unspecified atom stereocenters. The predicted molar refractivity (Wildman–Crippen MR) is 122 cm³/mol. The van der Waals surface area contributed by atoms with Gasteiger partial charge in [-0.25, -0.2) is 0 Å². The molecule has 4 aliphatic rings. The molecule has 0 aromatic heterocycles. The Morgan fingerprint density at radius 1 is 0.970 bits per heavy atom. The van der Waals surface area contributed by atoms with Gasteiger partial charge in [-0.1, -0.05) is 0 Å². The van der Waals surface area contributed by atoms with Gasteiger partial charge in [0.25, 0.3) is 11.8 Å². The fourth-order valence-electron chi connectivity index (χ4n) is 5.57. The third kappa shape index (κ3) is 4.52. The van der Waals surface area contributed by atoms with E-state index >= 15 is 0 Å². The summed E-state index contributed by atoms with van der Waals surface area (Å²) in [4.78, 5) is 53.2. The zero-order valence-electron chi connectivity index (χ0n) is 18.8. The summed E-state index contributed by atoms with van der Waals surface area (Å²) in [5, 5.41) is 9.22. The van der Waals surface area contributed by atoms with E-state index in [0.29, 0.717) is 11.1 Å². The summed E-state index contributed by atoms with van der Waals surface area (Å²) in [5.74, 6) is -1.14. The van der Waals surface area contributed by atoms with E-state index in [2.05, 4.69) is 20.9 Å².